The van der Waals surface area contributed by atoms with Crippen molar-refractivity contribution >= 4 is 29.9 Å². The smallest absolute Gasteiger partial charge is 0.213 e. The molecule has 6 heteroatoms. The topological polar surface area (TPSA) is 72.5 Å². The van der Waals surface area contributed by atoms with Crippen molar-refractivity contribution < 1.29 is 4.74 Å². The van der Waals surface area contributed by atoms with Crippen molar-refractivity contribution in [1.82, 2.24) is 10.3 Å². The summed E-state index contributed by atoms with van der Waals surface area (Å²) >= 11 is 0. The summed E-state index contributed by atoms with van der Waals surface area (Å²) in [7, 11) is 0. The van der Waals surface area contributed by atoms with Gasteiger partial charge < -0.3 is 15.8 Å². The van der Waals surface area contributed by atoms with Crippen molar-refractivity contribution in [2.75, 3.05) is 6.54 Å². The van der Waals surface area contributed by atoms with Gasteiger partial charge in [-0.25, -0.2) is 9.98 Å². The highest BCUT2D eigenvalue weighted by Crippen LogP contribution is 2.12. The van der Waals surface area contributed by atoms with Gasteiger partial charge in [0.2, 0.25) is 5.88 Å². The number of hydrogen-bond acceptors (Lipinski definition) is 3. The Labute approximate surface area is 154 Å². The number of nitrogens with zero attached hydrogens (tertiary/aromatic N) is 2. The third-order valence-electron chi connectivity index (χ3n) is 3.02. The van der Waals surface area contributed by atoms with Crippen molar-refractivity contribution in [3.63, 3.8) is 0 Å². The molecule has 3 N–H and O–H groups in total. The van der Waals surface area contributed by atoms with Crippen molar-refractivity contribution in [3.05, 3.63) is 59.8 Å². The summed E-state index contributed by atoms with van der Waals surface area (Å²) < 4.78 is 5.70. The summed E-state index contributed by atoms with van der Waals surface area (Å²) in [6.07, 6.45) is 2.74. The molecule has 23 heavy (non-hydrogen) atoms. The Bertz CT molecular complexity index is 605. The van der Waals surface area contributed by atoms with Gasteiger partial charge in [-0.05, 0) is 23.6 Å². The number of aliphatic imine (C=N–C) groups is 1. The molecule has 0 aliphatic heterocycles. The molecule has 0 bridgehead atoms. The van der Waals surface area contributed by atoms with E-state index in [9.17, 15) is 0 Å². The lowest BCUT2D eigenvalue weighted by atomic mass is 10.2. The number of ether oxygens (including phenoxy) is 1. The van der Waals surface area contributed by atoms with E-state index in [0.717, 1.165) is 24.1 Å². The number of aromatic nitrogens is 1. The van der Waals surface area contributed by atoms with Crippen LogP contribution in [-0.2, 0) is 13.2 Å². The maximum absolute atomic E-state index is 5.77. The fourth-order valence-electron chi connectivity index (χ4n) is 1.84. The molecule has 0 unspecified atom stereocenters. The number of halogens is 1. The van der Waals surface area contributed by atoms with Gasteiger partial charge in [-0.1, -0.05) is 37.3 Å². The molecule has 2 aromatic rings. The average Bonchev–Trinajstić information content (AvgIpc) is 2.57. The molecule has 0 aliphatic rings. The number of guanidine groups is 1. The fraction of sp³-hybridized carbons (Fsp3) is 0.294. The molecule has 1 aromatic heterocycles. The van der Waals surface area contributed by atoms with Gasteiger partial charge in [0.25, 0.3) is 0 Å². The third-order valence-corrected chi connectivity index (χ3v) is 3.02. The normalized spacial score (nSPS) is 10.7. The van der Waals surface area contributed by atoms with Crippen LogP contribution in [0.4, 0.5) is 0 Å². The number of benzene rings is 1. The molecular formula is C17H23IN4O. The van der Waals surface area contributed by atoms with Gasteiger partial charge in [-0.2, -0.15) is 0 Å². The van der Waals surface area contributed by atoms with Crippen LogP contribution in [0.2, 0.25) is 0 Å². The molecule has 0 aliphatic carbocycles. The van der Waals surface area contributed by atoms with Gasteiger partial charge in [0, 0.05) is 18.8 Å². The first-order valence-electron chi connectivity index (χ1n) is 7.43. The molecule has 1 heterocycles. The lowest BCUT2D eigenvalue weighted by molar-refractivity contribution is 0.293. The number of nitrogens with one attached hydrogen (secondary N) is 1. The van der Waals surface area contributed by atoms with E-state index in [2.05, 4.69) is 22.2 Å². The lowest BCUT2D eigenvalue weighted by Gasteiger charge is -2.07. The van der Waals surface area contributed by atoms with Crippen molar-refractivity contribution in [1.29, 1.82) is 0 Å². The van der Waals surface area contributed by atoms with Crippen LogP contribution in [0.5, 0.6) is 5.88 Å². The zero-order chi connectivity index (χ0) is 15.6. The van der Waals surface area contributed by atoms with Gasteiger partial charge in [-0.3, -0.25) is 0 Å². The first-order valence-corrected chi connectivity index (χ1v) is 7.43. The highest BCUT2D eigenvalue weighted by atomic mass is 127. The first kappa shape index (κ1) is 19.2. The monoisotopic (exact) mass is 426 g/mol. The Morgan fingerprint density at radius 1 is 1.22 bits per heavy atom. The highest BCUT2D eigenvalue weighted by Gasteiger charge is 2.00. The van der Waals surface area contributed by atoms with Crippen LogP contribution in [0, 0.1) is 0 Å². The summed E-state index contributed by atoms with van der Waals surface area (Å²) in [6.45, 7) is 3.92. The Morgan fingerprint density at radius 2 is 2.00 bits per heavy atom. The van der Waals surface area contributed by atoms with Gasteiger partial charge in [0.1, 0.15) is 6.61 Å². The van der Waals surface area contributed by atoms with E-state index >= 15 is 0 Å². The number of rotatable bonds is 7. The van der Waals surface area contributed by atoms with Gasteiger partial charge >= 0.3 is 0 Å². The Kier molecular flexibility index (Phi) is 9.04. The van der Waals surface area contributed by atoms with Crippen molar-refractivity contribution in [2.24, 2.45) is 10.7 Å². The van der Waals surface area contributed by atoms with E-state index in [-0.39, 0.29) is 24.0 Å². The van der Waals surface area contributed by atoms with Crippen LogP contribution in [0.1, 0.15) is 24.5 Å². The molecule has 0 saturated carbocycles. The summed E-state index contributed by atoms with van der Waals surface area (Å²) in [5, 5.41) is 3.04. The fourth-order valence-corrected chi connectivity index (χ4v) is 1.84. The first-order chi connectivity index (χ1) is 10.8. The SMILES string of the molecule is CCCNC(N)=NCc1ccnc(OCc2ccccc2)c1.I. The van der Waals surface area contributed by atoms with Gasteiger partial charge in [0.15, 0.2) is 5.96 Å². The summed E-state index contributed by atoms with van der Waals surface area (Å²) in [5.41, 5.74) is 7.90. The Balaban J connectivity index is 0.00000264. The largest absolute Gasteiger partial charge is 0.473 e. The highest BCUT2D eigenvalue weighted by molar-refractivity contribution is 14.0. The molecule has 5 nitrogen and oxygen atoms in total. The molecule has 0 atom stereocenters. The standard InChI is InChI=1S/C17H22N4O.HI/c1-2-9-20-17(18)21-12-15-8-10-19-16(11-15)22-13-14-6-4-3-5-7-14;/h3-8,10-11H,2,9,12-13H2,1H3,(H3,18,20,21);1H. The van der Waals surface area contributed by atoms with Crippen LogP contribution in [-0.4, -0.2) is 17.5 Å². The molecule has 124 valence electrons. The summed E-state index contributed by atoms with van der Waals surface area (Å²) in [5.74, 6) is 1.06. The Hall–Kier alpha value is -1.83. The molecule has 0 amide bonds. The second kappa shape index (κ2) is 10.8. The van der Waals surface area contributed by atoms with Gasteiger partial charge in [-0.15, -0.1) is 24.0 Å². The van der Waals surface area contributed by atoms with Crippen molar-refractivity contribution in [2.45, 2.75) is 26.5 Å². The van der Waals surface area contributed by atoms with E-state index in [1.807, 2.05) is 42.5 Å². The predicted molar refractivity (Wildman–Crippen MR) is 104 cm³/mol. The average molecular weight is 426 g/mol. The second-order valence-electron chi connectivity index (χ2n) is 4.90. The summed E-state index contributed by atoms with van der Waals surface area (Å²) in [6, 6.07) is 13.8. The molecule has 0 saturated heterocycles. The second-order valence-corrected chi connectivity index (χ2v) is 4.90. The number of nitrogens with two attached hydrogens (primary N) is 1. The zero-order valence-electron chi connectivity index (χ0n) is 13.2. The molecule has 0 spiro atoms. The van der Waals surface area contributed by atoms with E-state index < -0.39 is 0 Å². The molecular weight excluding hydrogens is 403 g/mol. The quantitative estimate of drug-likeness (QED) is 0.406. The van der Waals surface area contributed by atoms with Crippen LogP contribution in [0.25, 0.3) is 0 Å². The third kappa shape index (κ3) is 7.32. The predicted octanol–water partition coefficient (Wildman–Crippen LogP) is 3.09. The summed E-state index contributed by atoms with van der Waals surface area (Å²) in [4.78, 5) is 8.50. The maximum Gasteiger partial charge on any atom is 0.213 e. The molecule has 0 fully saturated rings. The Morgan fingerprint density at radius 3 is 2.74 bits per heavy atom. The maximum atomic E-state index is 5.77. The molecule has 2 rings (SSSR count). The lowest BCUT2D eigenvalue weighted by Crippen LogP contribution is -2.32. The van der Waals surface area contributed by atoms with E-state index in [0.29, 0.717) is 25.0 Å². The van der Waals surface area contributed by atoms with E-state index in [1.165, 1.54) is 0 Å². The minimum Gasteiger partial charge on any atom is -0.473 e. The van der Waals surface area contributed by atoms with E-state index in [4.69, 9.17) is 10.5 Å². The minimum atomic E-state index is 0. The zero-order valence-corrected chi connectivity index (χ0v) is 15.6. The van der Waals surface area contributed by atoms with Gasteiger partial charge in [0.05, 0.1) is 6.54 Å². The van der Waals surface area contributed by atoms with Crippen molar-refractivity contribution in [3.8, 4) is 5.88 Å². The number of hydrogen-bond donors (Lipinski definition) is 2. The van der Waals surface area contributed by atoms with Crippen LogP contribution >= 0.6 is 24.0 Å². The van der Waals surface area contributed by atoms with E-state index in [1.54, 1.807) is 6.20 Å². The van der Waals surface area contributed by atoms with Crippen LogP contribution in [0.3, 0.4) is 0 Å². The van der Waals surface area contributed by atoms with Crippen LogP contribution in [0.15, 0.2) is 53.7 Å². The minimum absolute atomic E-state index is 0. The van der Waals surface area contributed by atoms with Crippen LogP contribution < -0.4 is 15.8 Å². The molecule has 0 radical (unpaired) electrons. The molecule has 1 aromatic carbocycles. The number of pyridine rings is 1.